The lowest BCUT2D eigenvalue weighted by Crippen LogP contribution is -2.27. The molecule has 0 aliphatic rings. The second-order valence-electron chi connectivity index (χ2n) is 4.46. The molecule has 0 spiro atoms. The van der Waals surface area contributed by atoms with E-state index in [1.54, 1.807) is 6.92 Å². The van der Waals surface area contributed by atoms with Gasteiger partial charge in [0, 0.05) is 11.8 Å². The van der Waals surface area contributed by atoms with Crippen molar-refractivity contribution >= 4 is 11.6 Å². The topological polar surface area (TPSA) is 55.1 Å². The molecule has 0 aliphatic heterocycles. The van der Waals surface area contributed by atoms with E-state index in [9.17, 15) is 13.6 Å². The average molecular weight is 276 g/mol. The first-order valence-corrected chi connectivity index (χ1v) is 6.09. The number of nitrogens with two attached hydrogens (primary N) is 1. The number of nitrogen functional groups attached to an aromatic ring is 1. The smallest absolute Gasteiger partial charge is 0.253 e. The van der Waals surface area contributed by atoms with Crippen LogP contribution in [0.25, 0.3) is 0 Å². The van der Waals surface area contributed by atoms with E-state index < -0.39 is 17.5 Å². The number of hydrogen-bond acceptors (Lipinski definition) is 2. The molecule has 3 nitrogen and oxygen atoms in total. The Morgan fingerprint density at radius 1 is 1.15 bits per heavy atom. The molecular weight excluding hydrogens is 262 g/mol. The first kappa shape index (κ1) is 14.0. The molecule has 5 heteroatoms. The highest BCUT2D eigenvalue weighted by molar-refractivity contribution is 5.99. The van der Waals surface area contributed by atoms with Crippen molar-refractivity contribution in [3.05, 3.63) is 65.2 Å². The lowest BCUT2D eigenvalue weighted by atomic mass is 10.1. The van der Waals surface area contributed by atoms with Crippen molar-refractivity contribution in [2.45, 2.75) is 13.0 Å². The molecule has 2 aromatic carbocycles. The first-order chi connectivity index (χ1) is 9.49. The minimum Gasteiger partial charge on any atom is -0.398 e. The summed E-state index contributed by atoms with van der Waals surface area (Å²) in [7, 11) is 0. The highest BCUT2D eigenvalue weighted by Crippen LogP contribution is 2.19. The number of carbonyl (C=O) groups is 1. The van der Waals surface area contributed by atoms with Gasteiger partial charge in [-0.05, 0) is 18.6 Å². The van der Waals surface area contributed by atoms with Crippen LogP contribution < -0.4 is 11.1 Å². The van der Waals surface area contributed by atoms with Crippen molar-refractivity contribution in [1.29, 1.82) is 0 Å². The molecule has 1 atom stereocenters. The summed E-state index contributed by atoms with van der Waals surface area (Å²) in [6, 6.07) is 10.6. The number of nitrogens with one attached hydrogen (secondary N) is 1. The Morgan fingerprint density at radius 2 is 1.75 bits per heavy atom. The Bertz CT molecular complexity index is 629. The summed E-state index contributed by atoms with van der Waals surface area (Å²) in [5.41, 5.74) is 6.27. The number of carbonyl (C=O) groups excluding carboxylic acids is 1. The Labute approximate surface area is 115 Å². The summed E-state index contributed by atoms with van der Waals surface area (Å²) in [5.74, 6) is -2.72. The number of anilines is 1. The Balaban J connectivity index is 2.19. The van der Waals surface area contributed by atoms with Gasteiger partial charge in [0.1, 0.15) is 0 Å². The van der Waals surface area contributed by atoms with Gasteiger partial charge >= 0.3 is 0 Å². The number of benzene rings is 2. The van der Waals surface area contributed by atoms with Gasteiger partial charge in [-0.3, -0.25) is 4.79 Å². The molecule has 0 aliphatic carbocycles. The van der Waals surface area contributed by atoms with Crippen LogP contribution in [0.3, 0.4) is 0 Å². The van der Waals surface area contributed by atoms with E-state index >= 15 is 0 Å². The van der Waals surface area contributed by atoms with E-state index in [0.717, 1.165) is 17.7 Å². The highest BCUT2D eigenvalue weighted by atomic mass is 19.2. The van der Waals surface area contributed by atoms with Crippen molar-refractivity contribution in [3.63, 3.8) is 0 Å². The van der Waals surface area contributed by atoms with Gasteiger partial charge in [0.05, 0.1) is 11.6 Å². The van der Waals surface area contributed by atoms with Crippen LogP contribution in [0.1, 0.15) is 28.9 Å². The fourth-order valence-corrected chi connectivity index (χ4v) is 1.86. The molecule has 0 radical (unpaired) electrons. The average Bonchev–Trinajstić information content (AvgIpc) is 2.43. The van der Waals surface area contributed by atoms with Crippen molar-refractivity contribution in [2.24, 2.45) is 0 Å². The molecule has 20 heavy (non-hydrogen) atoms. The molecule has 3 N–H and O–H groups in total. The fraction of sp³-hybridized carbons (Fsp3) is 0.133. The van der Waals surface area contributed by atoms with E-state index in [2.05, 4.69) is 5.32 Å². The van der Waals surface area contributed by atoms with Gasteiger partial charge in [0.15, 0.2) is 11.6 Å². The number of rotatable bonds is 3. The van der Waals surface area contributed by atoms with Crippen LogP contribution in [-0.2, 0) is 0 Å². The summed E-state index contributed by atoms with van der Waals surface area (Å²) in [6.45, 7) is 1.79. The van der Waals surface area contributed by atoms with Gasteiger partial charge in [-0.2, -0.15) is 0 Å². The van der Waals surface area contributed by atoms with E-state index in [0.29, 0.717) is 0 Å². The maximum absolute atomic E-state index is 13.2. The molecular formula is C15H14F2N2O. The SMILES string of the molecule is CC(NC(=O)c1cc(F)c(F)cc1N)c1ccccc1. The summed E-state index contributed by atoms with van der Waals surface area (Å²) >= 11 is 0. The summed E-state index contributed by atoms with van der Waals surface area (Å²) in [4.78, 5) is 12.0. The minimum atomic E-state index is -1.10. The standard InChI is InChI=1S/C15H14F2N2O/c1-9(10-5-3-2-4-6-10)19-15(20)11-7-12(16)13(17)8-14(11)18/h2-9H,18H2,1H3,(H,19,20). The normalized spacial score (nSPS) is 11.9. The van der Waals surface area contributed by atoms with Crippen LogP contribution in [-0.4, -0.2) is 5.91 Å². The summed E-state index contributed by atoms with van der Waals surface area (Å²) < 4.78 is 26.1. The first-order valence-electron chi connectivity index (χ1n) is 6.09. The molecule has 0 heterocycles. The second-order valence-corrected chi connectivity index (χ2v) is 4.46. The van der Waals surface area contributed by atoms with Gasteiger partial charge in [-0.15, -0.1) is 0 Å². The molecule has 2 aromatic rings. The van der Waals surface area contributed by atoms with Gasteiger partial charge in [0.2, 0.25) is 0 Å². The lowest BCUT2D eigenvalue weighted by Gasteiger charge is -2.15. The maximum Gasteiger partial charge on any atom is 0.253 e. The zero-order chi connectivity index (χ0) is 14.7. The van der Waals surface area contributed by atoms with Crippen molar-refractivity contribution < 1.29 is 13.6 Å². The molecule has 1 amide bonds. The predicted octanol–water partition coefficient (Wildman–Crippen LogP) is 3.04. The Hall–Kier alpha value is -2.43. The van der Waals surface area contributed by atoms with Gasteiger partial charge in [-0.25, -0.2) is 8.78 Å². The van der Waals surface area contributed by atoms with E-state index in [4.69, 9.17) is 5.73 Å². The molecule has 0 saturated heterocycles. The van der Waals surface area contributed by atoms with Gasteiger partial charge < -0.3 is 11.1 Å². The van der Waals surface area contributed by atoms with Crippen LogP contribution in [0.4, 0.5) is 14.5 Å². The highest BCUT2D eigenvalue weighted by Gasteiger charge is 2.16. The van der Waals surface area contributed by atoms with E-state index in [-0.39, 0.29) is 17.3 Å². The second kappa shape index (κ2) is 5.69. The monoisotopic (exact) mass is 276 g/mol. The van der Waals surface area contributed by atoms with Crippen molar-refractivity contribution in [3.8, 4) is 0 Å². The zero-order valence-electron chi connectivity index (χ0n) is 10.9. The molecule has 0 fully saturated rings. The maximum atomic E-state index is 13.2. The van der Waals surface area contributed by atoms with E-state index in [1.807, 2.05) is 30.3 Å². The molecule has 0 saturated carbocycles. The van der Waals surface area contributed by atoms with Crippen LogP contribution in [0.5, 0.6) is 0 Å². The van der Waals surface area contributed by atoms with Crippen LogP contribution >= 0.6 is 0 Å². The molecule has 0 aromatic heterocycles. The zero-order valence-corrected chi connectivity index (χ0v) is 10.9. The van der Waals surface area contributed by atoms with Gasteiger partial charge in [-0.1, -0.05) is 30.3 Å². The lowest BCUT2D eigenvalue weighted by molar-refractivity contribution is 0.0940. The molecule has 104 valence electrons. The van der Waals surface area contributed by atoms with Crippen LogP contribution in [0.15, 0.2) is 42.5 Å². The van der Waals surface area contributed by atoms with E-state index in [1.165, 1.54) is 0 Å². The summed E-state index contributed by atoms with van der Waals surface area (Å²) in [6.07, 6.45) is 0. The summed E-state index contributed by atoms with van der Waals surface area (Å²) in [5, 5.41) is 2.69. The number of hydrogen-bond donors (Lipinski definition) is 2. The van der Waals surface area contributed by atoms with Crippen molar-refractivity contribution in [2.75, 3.05) is 5.73 Å². The number of amides is 1. The third-order valence-corrected chi connectivity index (χ3v) is 2.98. The molecule has 0 bridgehead atoms. The van der Waals surface area contributed by atoms with Crippen molar-refractivity contribution in [1.82, 2.24) is 5.32 Å². The van der Waals surface area contributed by atoms with Crippen LogP contribution in [0, 0.1) is 11.6 Å². The quantitative estimate of drug-likeness (QED) is 0.847. The Morgan fingerprint density at radius 3 is 2.40 bits per heavy atom. The predicted molar refractivity (Wildman–Crippen MR) is 73.1 cm³/mol. The van der Waals surface area contributed by atoms with Crippen LogP contribution in [0.2, 0.25) is 0 Å². The Kier molecular flexibility index (Phi) is 3.98. The molecule has 1 unspecified atom stereocenters. The number of halogens is 2. The third kappa shape index (κ3) is 2.93. The fourth-order valence-electron chi connectivity index (χ4n) is 1.86. The molecule has 2 rings (SSSR count). The largest absolute Gasteiger partial charge is 0.398 e. The third-order valence-electron chi connectivity index (χ3n) is 2.98. The van der Waals surface area contributed by atoms with Gasteiger partial charge in [0.25, 0.3) is 5.91 Å². The minimum absolute atomic E-state index is 0.0771.